The van der Waals surface area contributed by atoms with Crippen LogP contribution in [0.2, 0.25) is 0 Å². The highest BCUT2D eigenvalue weighted by Crippen LogP contribution is 2.24. The number of aromatic nitrogens is 2. The molecule has 0 saturated carbocycles. The van der Waals surface area contributed by atoms with Gasteiger partial charge in [-0.1, -0.05) is 69.2 Å². The van der Waals surface area contributed by atoms with Crippen molar-refractivity contribution in [2.45, 2.75) is 66.0 Å². The van der Waals surface area contributed by atoms with Gasteiger partial charge in [0, 0.05) is 17.9 Å². The number of unbranched alkanes of at least 4 members (excludes halogenated alkanes) is 2. The summed E-state index contributed by atoms with van der Waals surface area (Å²) in [5.74, 6) is -0.935. The third kappa shape index (κ3) is 4.98. The van der Waals surface area contributed by atoms with Gasteiger partial charge in [0.25, 0.3) is 0 Å². The molecular formula is C26H32N2O3. The molecule has 164 valence electrons. The molecule has 0 aliphatic carbocycles. The van der Waals surface area contributed by atoms with Crippen LogP contribution in [-0.2, 0) is 19.5 Å². The maximum absolute atomic E-state index is 13.2. The van der Waals surface area contributed by atoms with Crippen molar-refractivity contribution in [3.05, 3.63) is 81.5 Å². The van der Waals surface area contributed by atoms with Gasteiger partial charge in [-0.05, 0) is 48.9 Å². The average molecular weight is 421 g/mol. The van der Waals surface area contributed by atoms with Gasteiger partial charge in [0.05, 0.1) is 12.1 Å². The number of carboxylic acid groups (broad SMARTS) is 1. The highest BCUT2D eigenvalue weighted by molar-refractivity contribution is 5.95. The van der Waals surface area contributed by atoms with Crippen molar-refractivity contribution < 1.29 is 9.90 Å². The Labute approximate surface area is 184 Å². The van der Waals surface area contributed by atoms with Gasteiger partial charge >= 0.3 is 11.7 Å². The summed E-state index contributed by atoms with van der Waals surface area (Å²) in [5, 5.41) is 9.46. The predicted octanol–water partition coefficient (Wildman–Crippen LogP) is 5.51. The van der Waals surface area contributed by atoms with E-state index < -0.39 is 5.97 Å². The molecule has 31 heavy (non-hydrogen) atoms. The molecule has 0 saturated heterocycles. The number of hydrogen-bond donors (Lipinski definition) is 1. The van der Waals surface area contributed by atoms with Gasteiger partial charge in [0.1, 0.15) is 0 Å². The number of rotatable bonds is 10. The molecule has 0 fully saturated rings. The number of benzene rings is 2. The van der Waals surface area contributed by atoms with Gasteiger partial charge in [0.2, 0.25) is 0 Å². The zero-order valence-electron chi connectivity index (χ0n) is 18.7. The second-order valence-corrected chi connectivity index (χ2v) is 8.06. The van der Waals surface area contributed by atoms with E-state index in [9.17, 15) is 14.7 Å². The SMILES string of the molecule is CCCCc1c(C)n(CCCC)c(=O)n1Cc1ccc(-c2ccccc2C(=O)O)cc1. The lowest BCUT2D eigenvalue weighted by Gasteiger charge is -2.10. The van der Waals surface area contributed by atoms with Crippen LogP contribution in [0.4, 0.5) is 0 Å². The van der Waals surface area contributed by atoms with Crippen LogP contribution in [0.1, 0.15) is 66.8 Å². The highest BCUT2D eigenvalue weighted by atomic mass is 16.4. The van der Waals surface area contributed by atoms with Crippen molar-refractivity contribution in [3.63, 3.8) is 0 Å². The summed E-state index contributed by atoms with van der Waals surface area (Å²) in [5.41, 5.74) is 5.15. The molecule has 0 bridgehead atoms. The molecule has 0 atom stereocenters. The van der Waals surface area contributed by atoms with Crippen molar-refractivity contribution in [1.82, 2.24) is 9.13 Å². The van der Waals surface area contributed by atoms with Gasteiger partial charge in [-0.2, -0.15) is 0 Å². The minimum absolute atomic E-state index is 0.0670. The van der Waals surface area contributed by atoms with E-state index in [1.807, 2.05) is 45.5 Å². The van der Waals surface area contributed by atoms with Gasteiger partial charge in [-0.15, -0.1) is 0 Å². The van der Waals surface area contributed by atoms with Gasteiger partial charge in [0.15, 0.2) is 0 Å². The summed E-state index contributed by atoms with van der Waals surface area (Å²) in [7, 11) is 0. The van der Waals surface area contributed by atoms with E-state index in [1.165, 1.54) is 0 Å². The predicted molar refractivity (Wildman–Crippen MR) is 125 cm³/mol. The smallest absolute Gasteiger partial charge is 0.336 e. The van der Waals surface area contributed by atoms with E-state index in [4.69, 9.17) is 0 Å². The Kier molecular flexibility index (Phi) is 7.50. The fourth-order valence-corrected chi connectivity index (χ4v) is 4.05. The standard InChI is InChI=1S/C26H32N2O3/c1-4-6-12-24-19(3)27(17-7-5-2)26(31)28(24)18-20-13-15-21(16-14-20)22-10-8-9-11-23(22)25(29)30/h8-11,13-16H,4-7,12,17-18H2,1-3H3,(H,29,30). The third-order valence-electron chi connectivity index (χ3n) is 5.88. The summed E-state index contributed by atoms with van der Waals surface area (Å²) in [4.78, 5) is 24.7. The summed E-state index contributed by atoms with van der Waals surface area (Å²) in [6, 6.07) is 14.9. The van der Waals surface area contributed by atoms with Crippen LogP contribution in [0.3, 0.4) is 0 Å². The first-order chi connectivity index (χ1) is 15.0. The Morgan fingerprint density at radius 2 is 1.61 bits per heavy atom. The number of imidazole rings is 1. The molecule has 1 N–H and O–H groups in total. The Balaban J connectivity index is 1.92. The molecule has 0 radical (unpaired) electrons. The van der Waals surface area contributed by atoms with Crippen LogP contribution < -0.4 is 5.69 Å². The zero-order chi connectivity index (χ0) is 22.4. The van der Waals surface area contributed by atoms with E-state index >= 15 is 0 Å². The summed E-state index contributed by atoms with van der Waals surface area (Å²) in [6.45, 7) is 7.65. The lowest BCUT2D eigenvalue weighted by Crippen LogP contribution is -2.26. The Hall–Kier alpha value is -3.08. The van der Waals surface area contributed by atoms with Crippen LogP contribution in [0.5, 0.6) is 0 Å². The van der Waals surface area contributed by atoms with Crippen LogP contribution in [0.25, 0.3) is 11.1 Å². The van der Waals surface area contributed by atoms with Gasteiger partial charge in [-0.25, -0.2) is 9.59 Å². The largest absolute Gasteiger partial charge is 0.478 e. The van der Waals surface area contributed by atoms with Gasteiger partial charge in [-0.3, -0.25) is 9.13 Å². The maximum Gasteiger partial charge on any atom is 0.336 e. The molecule has 0 amide bonds. The number of carbonyl (C=O) groups is 1. The van der Waals surface area contributed by atoms with Crippen molar-refractivity contribution in [2.75, 3.05) is 0 Å². The number of aromatic carboxylic acids is 1. The van der Waals surface area contributed by atoms with Crippen molar-refractivity contribution in [2.24, 2.45) is 0 Å². The van der Waals surface area contributed by atoms with E-state index in [0.29, 0.717) is 12.1 Å². The topological polar surface area (TPSA) is 64.2 Å². The first-order valence-electron chi connectivity index (χ1n) is 11.2. The van der Waals surface area contributed by atoms with Crippen LogP contribution in [0, 0.1) is 6.92 Å². The quantitative estimate of drug-likeness (QED) is 0.470. The second kappa shape index (κ2) is 10.3. The maximum atomic E-state index is 13.2. The zero-order valence-corrected chi connectivity index (χ0v) is 18.7. The van der Waals surface area contributed by atoms with Crippen LogP contribution in [-0.4, -0.2) is 20.2 Å². The second-order valence-electron chi connectivity index (χ2n) is 8.06. The molecule has 0 unspecified atom stereocenters. The van der Waals surface area contributed by atoms with Crippen LogP contribution in [0.15, 0.2) is 53.3 Å². The van der Waals surface area contributed by atoms with Gasteiger partial charge < -0.3 is 5.11 Å². The molecule has 5 nitrogen and oxygen atoms in total. The molecule has 1 heterocycles. The monoisotopic (exact) mass is 420 g/mol. The fourth-order valence-electron chi connectivity index (χ4n) is 4.05. The van der Waals surface area contributed by atoms with Crippen molar-refractivity contribution in [3.8, 4) is 11.1 Å². The Morgan fingerprint density at radius 3 is 2.26 bits per heavy atom. The molecule has 3 aromatic rings. The highest BCUT2D eigenvalue weighted by Gasteiger charge is 2.17. The van der Waals surface area contributed by atoms with E-state index in [1.54, 1.807) is 12.1 Å². The lowest BCUT2D eigenvalue weighted by molar-refractivity contribution is 0.0697. The van der Waals surface area contributed by atoms with E-state index in [2.05, 4.69) is 20.8 Å². The first-order valence-corrected chi connectivity index (χ1v) is 11.2. The Morgan fingerprint density at radius 1 is 0.935 bits per heavy atom. The summed E-state index contributed by atoms with van der Waals surface area (Å²) >= 11 is 0. The molecule has 0 aliphatic heterocycles. The lowest BCUT2D eigenvalue weighted by atomic mass is 9.99. The third-order valence-corrected chi connectivity index (χ3v) is 5.88. The minimum Gasteiger partial charge on any atom is -0.478 e. The molecular weight excluding hydrogens is 388 g/mol. The molecule has 0 aliphatic rings. The van der Waals surface area contributed by atoms with Crippen LogP contribution >= 0.6 is 0 Å². The average Bonchev–Trinajstić information content (AvgIpc) is 3.00. The van der Waals surface area contributed by atoms with E-state index in [-0.39, 0.29) is 11.3 Å². The number of carboxylic acids is 1. The normalized spacial score (nSPS) is 11.1. The molecule has 0 spiro atoms. The summed E-state index contributed by atoms with van der Waals surface area (Å²) in [6.07, 6.45) is 5.10. The molecule has 2 aromatic carbocycles. The fraction of sp³-hybridized carbons (Fsp3) is 0.385. The van der Waals surface area contributed by atoms with Crippen molar-refractivity contribution in [1.29, 1.82) is 0 Å². The number of hydrogen-bond acceptors (Lipinski definition) is 2. The Bertz CT molecular complexity index is 1090. The molecule has 5 heteroatoms. The van der Waals surface area contributed by atoms with E-state index in [0.717, 1.165) is 61.2 Å². The first kappa shape index (κ1) is 22.6. The number of nitrogens with zero attached hydrogens (tertiary/aromatic N) is 2. The van der Waals surface area contributed by atoms with Crippen molar-refractivity contribution >= 4 is 5.97 Å². The molecule has 1 aromatic heterocycles. The minimum atomic E-state index is -0.935. The molecule has 3 rings (SSSR count). The summed E-state index contributed by atoms with van der Waals surface area (Å²) < 4.78 is 3.84.